The van der Waals surface area contributed by atoms with Gasteiger partial charge < -0.3 is 29.8 Å². The fourth-order valence-corrected chi connectivity index (χ4v) is 6.60. The number of aromatic nitrogens is 4. The second-order valence-electron chi connectivity index (χ2n) is 12.1. The van der Waals surface area contributed by atoms with Crippen LogP contribution < -0.4 is 25.4 Å². The average Bonchev–Trinajstić information content (AvgIpc) is 3.89. The Morgan fingerprint density at radius 1 is 1.07 bits per heavy atom. The first kappa shape index (κ1) is 43.8. The zero-order valence-corrected chi connectivity index (χ0v) is 32.2. The highest BCUT2D eigenvalue weighted by molar-refractivity contribution is 7.88. The lowest BCUT2D eigenvalue weighted by Crippen LogP contribution is -2.35. The number of benzene rings is 2. The molecule has 2 aromatic heterocycles. The Bertz CT molecular complexity index is 2050. The van der Waals surface area contributed by atoms with Gasteiger partial charge in [-0.1, -0.05) is 12.1 Å². The van der Waals surface area contributed by atoms with Crippen LogP contribution in [0.5, 0.6) is 5.75 Å². The summed E-state index contributed by atoms with van der Waals surface area (Å²) in [5, 5.41) is 10.5. The summed E-state index contributed by atoms with van der Waals surface area (Å²) in [5.41, 5.74) is 5.80. The molecular formula is C34H41F6N8O6S2+. The van der Waals surface area contributed by atoms with Gasteiger partial charge in [0.1, 0.15) is 24.4 Å². The third-order valence-corrected chi connectivity index (χ3v) is 10.1. The van der Waals surface area contributed by atoms with E-state index in [-0.39, 0.29) is 6.03 Å². The van der Waals surface area contributed by atoms with Crippen LogP contribution in [0.4, 0.5) is 36.8 Å². The lowest BCUT2D eigenvalue weighted by molar-refractivity contribution is -0.738. The van der Waals surface area contributed by atoms with Gasteiger partial charge in [-0.25, -0.2) is 14.6 Å². The van der Waals surface area contributed by atoms with Gasteiger partial charge in [-0.05, 0) is 57.5 Å². The van der Waals surface area contributed by atoms with Gasteiger partial charge in [0, 0.05) is 55.3 Å². The minimum atomic E-state index is -6.55. The quantitative estimate of drug-likeness (QED) is 0.0550. The Hall–Kier alpha value is -4.96. The van der Waals surface area contributed by atoms with E-state index in [0.717, 1.165) is 65.6 Å². The van der Waals surface area contributed by atoms with Crippen molar-refractivity contribution in [2.75, 3.05) is 50.8 Å². The first-order valence-corrected chi connectivity index (χ1v) is 19.5. The number of nitrogens with two attached hydrogens (primary N) is 1. The molecule has 3 heterocycles. The van der Waals surface area contributed by atoms with Crippen LogP contribution in [0.15, 0.2) is 54.0 Å². The Labute approximate surface area is 322 Å². The third-order valence-electron chi connectivity index (χ3n) is 8.32. The molecule has 56 heavy (non-hydrogen) atoms. The molecule has 22 heteroatoms. The Morgan fingerprint density at radius 3 is 2.36 bits per heavy atom. The summed E-state index contributed by atoms with van der Waals surface area (Å²) in [6.07, 6.45) is -0.808. The molecular weight excluding hydrogens is 795 g/mol. The van der Waals surface area contributed by atoms with Crippen LogP contribution in [0.25, 0.3) is 27.5 Å². The van der Waals surface area contributed by atoms with Crippen molar-refractivity contribution >= 4 is 39.1 Å². The number of hydrogen-bond acceptors (Lipinski definition) is 11. The number of hydrogen-bond donors (Lipinski definition) is 2. The molecule has 1 aliphatic rings. The molecule has 0 atom stereocenters. The van der Waals surface area contributed by atoms with Gasteiger partial charge in [-0.3, -0.25) is 0 Å². The summed E-state index contributed by atoms with van der Waals surface area (Å²) in [6, 6.07) is 14.7. The van der Waals surface area contributed by atoms with Gasteiger partial charge >= 0.3 is 33.8 Å². The third kappa shape index (κ3) is 11.3. The number of rotatable bonds is 15. The summed E-state index contributed by atoms with van der Waals surface area (Å²) in [6.45, 7) is 9.24. The van der Waals surface area contributed by atoms with Crippen molar-refractivity contribution < 1.29 is 58.0 Å². The number of unbranched alkanes of at least 4 members (excludes halogenated alkanes) is 1. The monoisotopic (exact) mass is 835 g/mol. The number of urea groups is 1. The van der Waals surface area contributed by atoms with E-state index in [1.165, 1.54) is 5.69 Å². The highest BCUT2D eigenvalue weighted by atomic mass is 32.2. The molecule has 4 aromatic rings. The number of aryl methyl sites for hydroxylation is 2. The van der Waals surface area contributed by atoms with Crippen molar-refractivity contribution in [3.63, 3.8) is 0 Å². The predicted molar refractivity (Wildman–Crippen MR) is 194 cm³/mol. The molecule has 2 aromatic carbocycles. The molecule has 0 unspecified atom stereocenters. The van der Waals surface area contributed by atoms with E-state index in [1.54, 1.807) is 16.2 Å². The number of anilines is 1. The normalized spacial score (nSPS) is 13.2. The molecule has 3 N–H and O–H groups in total. The van der Waals surface area contributed by atoms with E-state index in [0.29, 0.717) is 38.5 Å². The molecule has 1 fully saturated rings. The highest BCUT2D eigenvalue weighted by Gasteiger charge is 2.54. The van der Waals surface area contributed by atoms with Crippen LogP contribution in [-0.2, 0) is 32.6 Å². The maximum atomic E-state index is 12.0. The zero-order valence-electron chi connectivity index (χ0n) is 30.6. The van der Waals surface area contributed by atoms with Crippen LogP contribution in [0, 0.1) is 0 Å². The lowest BCUT2D eigenvalue weighted by Gasteiger charge is -2.20. The van der Waals surface area contributed by atoms with Crippen molar-refractivity contribution in [1.82, 2.24) is 25.1 Å². The molecule has 0 saturated carbocycles. The van der Waals surface area contributed by atoms with E-state index in [9.17, 15) is 44.3 Å². The highest BCUT2D eigenvalue weighted by Crippen LogP contribution is 2.36. The fraction of sp³-hybridized carbons (Fsp3) is 0.441. The second kappa shape index (κ2) is 18.8. The van der Waals surface area contributed by atoms with E-state index in [1.807, 2.05) is 28.5 Å². The molecule has 0 radical (unpaired) electrons. The summed E-state index contributed by atoms with van der Waals surface area (Å²) in [7, 11) is -4.58. The number of amides is 2. The van der Waals surface area contributed by atoms with Crippen LogP contribution in [0.1, 0.15) is 32.4 Å². The summed E-state index contributed by atoms with van der Waals surface area (Å²) in [5.74, 6) is -2.73. The first-order valence-electron chi connectivity index (χ1n) is 17.3. The van der Waals surface area contributed by atoms with E-state index >= 15 is 0 Å². The number of thiazole rings is 1. The summed E-state index contributed by atoms with van der Waals surface area (Å²) >= 11 is 1.60. The number of ether oxygens (including phenoxy) is 1. The molecule has 0 aliphatic carbocycles. The van der Waals surface area contributed by atoms with Crippen LogP contribution >= 0.6 is 11.3 Å². The summed E-state index contributed by atoms with van der Waals surface area (Å²) < 4.78 is 99.9. The summed E-state index contributed by atoms with van der Waals surface area (Å²) in [4.78, 5) is 30.8. The molecule has 306 valence electrons. The number of halogens is 6. The number of carbonyl (C=O) groups is 2. The molecule has 0 spiro atoms. The van der Waals surface area contributed by atoms with Crippen LogP contribution in [0.3, 0.4) is 0 Å². The van der Waals surface area contributed by atoms with Crippen LogP contribution in [-0.4, -0.2) is 97.8 Å². The number of nitrogens with one attached hydrogen (secondary N) is 1. The molecule has 2 amide bonds. The van der Waals surface area contributed by atoms with Crippen molar-refractivity contribution in [1.29, 1.82) is 0 Å². The maximum Gasteiger partial charge on any atom is 0.534 e. The van der Waals surface area contributed by atoms with E-state index in [2.05, 4.69) is 70.2 Å². The predicted octanol–water partition coefficient (Wildman–Crippen LogP) is 4.96. The molecule has 14 nitrogen and oxygen atoms in total. The van der Waals surface area contributed by atoms with Crippen molar-refractivity contribution in [3.05, 3.63) is 59.7 Å². The fourth-order valence-electron chi connectivity index (χ4n) is 5.35. The largest absolute Gasteiger partial charge is 0.534 e. The van der Waals surface area contributed by atoms with Gasteiger partial charge in [-0.15, -0.1) is 20.7 Å². The minimum absolute atomic E-state index is 0.0460. The van der Waals surface area contributed by atoms with Gasteiger partial charge in [0.15, 0.2) is 17.6 Å². The number of carbonyl (C=O) groups excluding carboxylic acids is 2. The SMILES string of the molecule is CCN(CC)c1ccc(-c2csc(-c3ccc(-n4cc(CCCCN)[n+](C)n4)cc3OCCN3CCNC3=O)n2)cc1.O=C(OS(=O)(=O)C(F)(F)F)C(F)(F)F. The van der Waals surface area contributed by atoms with Gasteiger partial charge in [0.2, 0.25) is 0 Å². The first-order chi connectivity index (χ1) is 26.4. The molecule has 1 saturated heterocycles. The smallest absolute Gasteiger partial charge is 0.491 e. The van der Waals surface area contributed by atoms with Gasteiger partial charge in [0.05, 0.1) is 23.0 Å². The number of nitrogens with zero attached hydrogens (tertiary/aromatic N) is 6. The van der Waals surface area contributed by atoms with Crippen LogP contribution in [0.2, 0.25) is 0 Å². The van der Waals surface area contributed by atoms with Gasteiger partial charge in [-0.2, -0.15) is 34.8 Å². The van der Waals surface area contributed by atoms with Crippen molar-refractivity contribution in [3.8, 4) is 33.3 Å². The molecule has 1 aliphatic heterocycles. The molecule has 0 bridgehead atoms. The second-order valence-corrected chi connectivity index (χ2v) is 14.5. The Balaban J connectivity index is 0.000000424. The topological polar surface area (TPSA) is 166 Å². The van der Waals surface area contributed by atoms with E-state index in [4.69, 9.17) is 20.7 Å². The minimum Gasteiger partial charge on any atom is -0.491 e. The standard InChI is InChI=1S/C31H40N8O2S.C3F6O4S/c1-4-37(5-2)24-11-9-23(10-12-24)28-22-42-30(34-28)27-14-13-25(39-21-26(36(3)35-39)8-6-7-15-32)20-29(27)41-19-18-38-17-16-33-31(38)40;4-2(5,6)1(10)13-14(11,12)3(7,8)9/h9-14,20-22H,4-8,15-19,32H2,1-3H3;/p+1. The zero-order chi connectivity index (χ0) is 41.3. The number of alkyl halides is 6. The molecule has 5 rings (SSSR count). The van der Waals surface area contributed by atoms with Crippen molar-refractivity contribution in [2.45, 2.75) is 44.8 Å². The average molecular weight is 836 g/mol. The maximum absolute atomic E-state index is 12.0. The van der Waals surface area contributed by atoms with Crippen molar-refractivity contribution in [2.24, 2.45) is 12.8 Å². The van der Waals surface area contributed by atoms with Gasteiger partial charge in [0.25, 0.3) is 0 Å². The Morgan fingerprint density at radius 2 is 1.77 bits per heavy atom. The van der Waals surface area contributed by atoms with E-state index < -0.39 is 27.8 Å². The Kier molecular flexibility index (Phi) is 14.7. The lowest BCUT2D eigenvalue weighted by atomic mass is 10.1.